The van der Waals surface area contributed by atoms with Crippen LogP contribution >= 0.6 is 0 Å². The molecule has 4 aromatic carbocycles. The summed E-state index contributed by atoms with van der Waals surface area (Å²) in [6.07, 6.45) is 8.61. The van der Waals surface area contributed by atoms with Crippen molar-refractivity contribution in [1.82, 2.24) is 4.90 Å². The average molecular weight is 842 g/mol. The zero-order valence-corrected chi connectivity index (χ0v) is 35.8. The quantitative estimate of drug-likeness (QED) is 0.0575. The molecule has 6 atom stereocenters. The van der Waals surface area contributed by atoms with Gasteiger partial charge < -0.3 is 34.2 Å². The summed E-state index contributed by atoms with van der Waals surface area (Å²) in [5.41, 5.74) is 6.23. The minimum atomic E-state index is -1.51. The lowest BCUT2D eigenvalue weighted by molar-refractivity contribution is -0.255. The minimum Gasteiger partial charge on any atom is -0.459 e. The van der Waals surface area contributed by atoms with Crippen molar-refractivity contribution in [3.8, 4) is 23.3 Å². The van der Waals surface area contributed by atoms with Crippen molar-refractivity contribution in [3.05, 3.63) is 148 Å². The summed E-state index contributed by atoms with van der Waals surface area (Å²) < 4.78 is 35.4. The summed E-state index contributed by atoms with van der Waals surface area (Å²) in [6, 6.07) is 25.8. The third-order valence-electron chi connectivity index (χ3n) is 12.7. The van der Waals surface area contributed by atoms with Crippen LogP contribution in [0.25, 0.3) is 0 Å². The molecule has 0 aromatic heterocycles. The normalized spacial score (nSPS) is 23.0. The second kappa shape index (κ2) is 19.9. The zero-order valence-electron chi connectivity index (χ0n) is 35.8. The number of hydrogen-bond donors (Lipinski definition) is 2. The first kappa shape index (κ1) is 44.3. The average Bonchev–Trinajstić information content (AvgIpc) is 3.28. The van der Waals surface area contributed by atoms with E-state index in [0.29, 0.717) is 52.5 Å². The topological polar surface area (TPSA) is 134 Å². The minimum absolute atomic E-state index is 0.0162. The van der Waals surface area contributed by atoms with Gasteiger partial charge in [0.05, 0.1) is 29.9 Å². The molecule has 7 rings (SSSR count). The molecule has 324 valence electrons. The molecule has 62 heavy (non-hydrogen) atoms. The second-order valence-electron chi connectivity index (χ2n) is 16.6. The van der Waals surface area contributed by atoms with Crippen molar-refractivity contribution in [2.24, 2.45) is 22.9 Å². The second-order valence-corrected chi connectivity index (χ2v) is 16.6. The van der Waals surface area contributed by atoms with E-state index < -0.39 is 23.6 Å². The van der Waals surface area contributed by atoms with E-state index in [1.54, 1.807) is 47.4 Å². The number of aryl methyl sites for hydroxylation is 2. The lowest BCUT2D eigenvalue weighted by atomic mass is 9.55. The van der Waals surface area contributed by atoms with Gasteiger partial charge >= 0.3 is 0 Å². The predicted octanol–water partition coefficient (Wildman–Crippen LogP) is 9.71. The van der Waals surface area contributed by atoms with Gasteiger partial charge in [-0.1, -0.05) is 48.3 Å². The Balaban J connectivity index is 1.46. The Morgan fingerprint density at radius 2 is 1.68 bits per heavy atom. The molecule has 11 heteroatoms. The lowest BCUT2D eigenvalue weighted by Gasteiger charge is -2.60. The first-order valence-electron chi connectivity index (χ1n) is 21.6. The number of unbranched alkanes of at least 4 members (excludes halogenated alkanes) is 2. The number of aliphatic hydroxyl groups is 2. The van der Waals surface area contributed by atoms with Crippen molar-refractivity contribution in [3.63, 3.8) is 0 Å². The van der Waals surface area contributed by atoms with Crippen molar-refractivity contribution >= 4 is 11.6 Å². The van der Waals surface area contributed by atoms with E-state index in [-0.39, 0.29) is 56.4 Å². The van der Waals surface area contributed by atoms with Gasteiger partial charge in [0.2, 0.25) is 5.79 Å². The third kappa shape index (κ3) is 9.19. The number of fused-ring (bicyclic) bond motifs is 2. The summed E-state index contributed by atoms with van der Waals surface area (Å²) in [4.78, 5) is 22.5. The molecule has 3 aliphatic rings. The molecule has 0 bridgehead atoms. The molecular formula is C51H56FN3O7. The Kier molecular flexibility index (Phi) is 14.2. The summed E-state index contributed by atoms with van der Waals surface area (Å²) in [5, 5.41) is 34.1. The van der Waals surface area contributed by atoms with E-state index in [1.165, 1.54) is 19.2 Å². The van der Waals surface area contributed by atoms with E-state index in [0.717, 1.165) is 47.9 Å². The fraction of sp³-hybridized carbons (Fsp3) is 0.392. The van der Waals surface area contributed by atoms with Crippen molar-refractivity contribution in [1.29, 1.82) is 5.26 Å². The van der Waals surface area contributed by atoms with Crippen LogP contribution in [-0.2, 0) is 16.1 Å². The molecule has 0 radical (unpaired) electrons. The van der Waals surface area contributed by atoms with Gasteiger partial charge in [0.1, 0.15) is 36.2 Å². The molecule has 1 heterocycles. The van der Waals surface area contributed by atoms with Gasteiger partial charge in [-0.05, 0) is 140 Å². The van der Waals surface area contributed by atoms with E-state index in [4.69, 9.17) is 19.0 Å². The van der Waals surface area contributed by atoms with E-state index >= 15 is 4.79 Å². The zero-order chi connectivity index (χ0) is 43.8. The predicted molar refractivity (Wildman–Crippen MR) is 235 cm³/mol. The van der Waals surface area contributed by atoms with Crippen LogP contribution in [0.15, 0.2) is 114 Å². The monoisotopic (exact) mass is 841 g/mol. The molecule has 2 aliphatic carbocycles. The van der Waals surface area contributed by atoms with Crippen LogP contribution in [0.5, 0.6) is 17.2 Å². The number of allylic oxidation sites excluding steroid dienone is 1. The van der Waals surface area contributed by atoms with Gasteiger partial charge in [0.25, 0.3) is 5.91 Å². The number of ether oxygens (including phenoxy) is 3. The number of nitriles is 1. The van der Waals surface area contributed by atoms with Crippen LogP contribution in [0.4, 0.5) is 4.39 Å². The van der Waals surface area contributed by atoms with Gasteiger partial charge in [0, 0.05) is 43.2 Å². The smallest absolute Gasteiger partial charge is 0.254 e. The number of halogens is 1. The number of benzene rings is 4. The Hall–Kier alpha value is -5.80. The number of aliphatic hydroxyl groups excluding tert-OH is 2. The molecule has 4 aromatic rings. The molecule has 0 saturated heterocycles. The number of hydrogen-bond acceptors (Lipinski definition) is 9. The highest BCUT2D eigenvalue weighted by Gasteiger charge is 2.65. The standard InChI is InChI=1S/C51H56FN3O7/c1-5-26-60-51-47(55(32-36-15-19-39(52)20-16-36)50(58)37-17-13-35(31-53)14-18-37)30-45(54-59-4)43-28-38(10-6-8-24-56)42(11-7-9-25-57)48(49(43)51)44-29-41(22-23-46(44)62-51)61-40-21-12-33(2)34(3)27-40/h5,12-23,27-29,38,42,47-49,56-57H,1,6-11,24-26,30,32H2,2-4H3/t38-,42+,47-,48+,49+,51+/m0/s1. The van der Waals surface area contributed by atoms with Crippen LogP contribution in [0.3, 0.4) is 0 Å². The van der Waals surface area contributed by atoms with Gasteiger partial charge in [-0.15, -0.1) is 6.58 Å². The van der Waals surface area contributed by atoms with Gasteiger partial charge in [-0.2, -0.15) is 5.26 Å². The number of rotatable bonds is 18. The van der Waals surface area contributed by atoms with Crippen molar-refractivity contribution in [2.75, 3.05) is 26.9 Å². The van der Waals surface area contributed by atoms with Crippen LogP contribution < -0.4 is 9.47 Å². The van der Waals surface area contributed by atoms with Gasteiger partial charge in [-0.25, -0.2) is 4.39 Å². The van der Waals surface area contributed by atoms with Crippen molar-refractivity contribution < 1.29 is 38.4 Å². The Morgan fingerprint density at radius 3 is 2.35 bits per heavy atom. The van der Waals surface area contributed by atoms with Gasteiger partial charge in [-0.3, -0.25) is 4.79 Å². The van der Waals surface area contributed by atoms with Gasteiger partial charge in [0.15, 0.2) is 0 Å². The fourth-order valence-corrected chi connectivity index (χ4v) is 9.70. The van der Waals surface area contributed by atoms with Crippen LogP contribution in [0, 0.1) is 48.7 Å². The highest BCUT2D eigenvalue weighted by atomic mass is 19.1. The number of amides is 1. The first-order valence-corrected chi connectivity index (χ1v) is 21.6. The molecule has 1 saturated carbocycles. The third-order valence-corrected chi connectivity index (χ3v) is 12.7. The maximum Gasteiger partial charge on any atom is 0.254 e. The van der Waals surface area contributed by atoms with Crippen LogP contribution in [-0.4, -0.2) is 65.5 Å². The number of carbonyl (C=O) groups excluding carboxylic acids is 1. The van der Waals surface area contributed by atoms with Crippen LogP contribution in [0.1, 0.15) is 89.0 Å². The molecule has 2 N–H and O–H groups in total. The molecule has 1 amide bonds. The van der Waals surface area contributed by atoms with Crippen molar-refractivity contribution in [2.45, 2.75) is 83.1 Å². The SMILES string of the molecule is C=CCO[C@@]12Oc3ccc(Oc4ccc(C)c(C)c4)cc3[C@H]3[C@H](CCCCO)[C@@H](CCCCO)C=C(C(=NOC)C[C@@H]1N(Cc1ccc(F)cc1)C(=O)c1ccc(C#N)cc1)[C@H]32. The fourth-order valence-electron chi connectivity index (χ4n) is 9.70. The van der Waals surface area contributed by atoms with E-state index in [1.807, 2.05) is 30.3 Å². The largest absolute Gasteiger partial charge is 0.459 e. The summed E-state index contributed by atoms with van der Waals surface area (Å²) >= 11 is 0. The Morgan fingerprint density at radius 1 is 0.968 bits per heavy atom. The van der Waals surface area contributed by atoms with E-state index in [2.05, 4.69) is 43.8 Å². The highest BCUT2D eigenvalue weighted by Crippen LogP contribution is 2.62. The number of nitrogens with zero attached hydrogens (tertiary/aromatic N) is 3. The Labute approximate surface area is 363 Å². The summed E-state index contributed by atoms with van der Waals surface area (Å²) in [6.45, 7) is 8.47. The van der Waals surface area contributed by atoms with E-state index in [9.17, 15) is 19.9 Å². The maximum absolute atomic E-state index is 15.2. The molecule has 0 spiro atoms. The number of carbonyl (C=O) groups is 1. The lowest BCUT2D eigenvalue weighted by Crippen LogP contribution is -2.70. The summed E-state index contributed by atoms with van der Waals surface area (Å²) in [7, 11) is 1.51. The molecule has 0 unspecified atom stereocenters. The Bertz CT molecular complexity index is 2320. The molecule has 1 fully saturated rings. The maximum atomic E-state index is 15.2. The first-order chi connectivity index (χ1) is 30.1. The highest BCUT2D eigenvalue weighted by molar-refractivity contribution is 6.03. The molecular weight excluding hydrogens is 786 g/mol. The van der Waals surface area contributed by atoms with Crippen LogP contribution in [0.2, 0.25) is 0 Å². The molecule has 10 nitrogen and oxygen atoms in total. The summed E-state index contributed by atoms with van der Waals surface area (Å²) in [5.74, 6) is -1.01. The number of oxime groups is 1. The molecule has 1 aliphatic heterocycles.